The summed E-state index contributed by atoms with van der Waals surface area (Å²) in [5, 5.41) is 23.9. The lowest BCUT2D eigenvalue weighted by Gasteiger charge is -2.17. The molecular formula is C15H17N3O3. The number of aliphatic hydroxyl groups is 1. The van der Waals surface area contributed by atoms with Crippen LogP contribution in [0, 0.1) is 10.1 Å². The number of rotatable bonds is 6. The summed E-state index contributed by atoms with van der Waals surface area (Å²) in [4.78, 5) is 14.4. The van der Waals surface area contributed by atoms with E-state index in [0.717, 1.165) is 5.69 Å². The van der Waals surface area contributed by atoms with Crippen LogP contribution in [0.2, 0.25) is 0 Å². The van der Waals surface area contributed by atoms with Crippen LogP contribution in [-0.4, -0.2) is 21.6 Å². The van der Waals surface area contributed by atoms with Crippen molar-refractivity contribution >= 4 is 5.69 Å². The first-order chi connectivity index (χ1) is 10.1. The van der Waals surface area contributed by atoms with Crippen molar-refractivity contribution in [1.29, 1.82) is 0 Å². The van der Waals surface area contributed by atoms with Gasteiger partial charge in [0.15, 0.2) is 0 Å². The fourth-order valence-electron chi connectivity index (χ4n) is 1.96. The highest BCUT2D eigenvalue weighted by atomic mass is 16.6. The molecule has 6 nitrogen and oxygen atoms in total. The Morgan fingerprint density at radius 1 is 1.29 bits per heavy atom. The van der Waals surface area contributed by atoms with Gasteiger partial charge in [0.1, 0.15) is 0 Å². The number of hydrogen-bond donors (Lipinski definition) is 2. The summed E-state index contributed by atoms with van der Waals surface area (Å²) < 4.78 is 0. The van der Waals surface area contributed by atoms with Crippen molar-refractivity contribution in [2.75, 3.05) is 6.54 Å². The van der Waals surface area contributed by atoms with E-state index in [1.54, 1.807) is 18.3 Å². The highest BCUT2D eigenvalue weighted by Crippen LogP contribution is 2.18. The fourth-order valence-corrected chi connectivity index (χ4v) is 1.96. The number of aliphatic hydroxyl groups excluding tert-OH is 1. The maximum atomic E-state index is 10.6. The summed E-state index contributed by atoms with van der Waals surface area (Å²) in [6.07, 6.45) is 0.997. The summed E-state index contributed by atoms with van der Waals surface area (Å²) in [5.74, 6) is 0. The molecule has 2 N–H and O–H groups in total. The first-order valence-corrected chi connectivity index (χ1v) is 6.64. The zero-order valence-electron chi connectivity index (χ0n) is 11.6. The molecule has 0 radical (unpaired) electrons. The lowest BCUT2D eigenvalue weighted by molar-refractivity contribution is -0.384. The highest BCUT2D eigenvalue weighted by molar-refractivity contribution is 5.33. The molecule has 0 saturated carbocycles. The van der Waals surface area contributed by atoms with E-state index in [1.807, 2.05) is 25.1 Å². The summed E-state index contributed by atoms with van der Waals surface area (Å²) in [5.41, 5.74) is 1.55. The molecule has 2 unspecified atom stereocenters. The predicted octanol–water partition coefficient (Wildman–Crippen LogP) is 2.37. The monoisotopic (exact) mass is 287 g/mol. The summed E-state index contributed by atoms with van der Waals surface area (Å²) in [7, 11) is 0. The Morgan fingerprint density at radius 3 is 2.57 bits per heavy atom. The molecule has 2 rings (SSSR count). The van der Waals surface area contributed by atoms with Crippen LogP contribution < -0.4 is 5.32 Å². The molecule has 0 aliphatic carbocycles. The van der Waals surface area contributed by atoms with E-state index >= 15 is 0 Å². The average Bonchev–Trinajstić information content (AvgIpc) is 2.53. The van der Waals surface area contributed by atoms with Crippen molar-refractivity contribution in [2.45, 2.75) is 19.1 Å². The largest absolute Gasteiger partial charge is 0.387 e. The molecule has 0 aliphatic heterocycles. The van der Waals surface area contributed by atoms with E-state index in [-0.39, 0.29) is 11.7 Å². The topological polar surface area (TPSA) is 88.3 Å². The molecular weight excluding hydrogens is 270 g/mol. The van der Waals surface area contributed by atoms with Crippen LogP contribution in [0.3, 0.4) is 0 Å². The van der Waals surface area contributed by atoms with E-state index in [2.05, 4.69) is 10.3 Å². The van der Waals surface area contributed by atoms with Crippen LogP contribution in [-0.2, 0) is 0 Å². The summed E-state index contributed by atoms with van der Waals surface area (Å²) >= 11 is 0. The first-order valence-electron chi connectivity index (χ1n) is 6.64. The Morgan fingerprint density at radius 2 is 2.00 bits per heavy atom. The van der Waals surface area contributed by atoms with Gasteiger partial charge in [-0.15, -0.1) is 0 Å². The normalized spacial score (nSPS) is 13.6. The van der Waals surface area contributed by atoms with Crippen LogP contribution in [0.25, 0.3) is 0 Å². The smallest absolute Gasteiger partial charge is 0.269 e. The maximum Gasteiger partial charge on any atom is 0.269 e. The Bertz CT molecular complexity index is 587. The van der Waals surface area contributed by atoms with Gasteiger partial charge in [0, 0.05) is 30.9 Å². The number of non-ortho nitro benzene ring substituents is 1. The minimum absolute atomic E-state index is 0.0129. The van der Waals surface area contributed by atoms with Gasteiger partial charge in [0.05, 0.1) is 16.7 Å². The fraction of sp³-hybridized carbons (Fsp3) is 0.267. The van der Waals surface area contributed by atoms with Crippen LogP contribution in [0.15, 0.2) is 48.7 Å². The zero-order chi connectivity index (χ0) is 15.2. The first kappa shape index (κ1) is 15.1. The molecule has 0 spiro atoms. The minimum atomic E-state index is -0.725. The predicted molar refractivity (Wildman–Crippen MR) is 78.7 cm³/mol. The van der Waals surface area contributed by atoms with E-state index in [1.165, 1.54) is 12.1 Å². The van der Waals surface area contributed by atoms with Gasteiger partial charge in [-0.25, -0.2) is 0 Å². The van der Waals surface area contributed by atoms with Gasteiger partial charge in [0.2, 0.25) is 0 Å². The molecule has 0 amide bonds. The van der Waals surface area contributed by atoms with Gasteiger partial charge >= 0.3 is 0 Å². The molecule has 1 aromatic heterocycles. The molecule has 1 heterocycles. The second-order valence-corrected chi connectivity index (χ2v) is 4.75. The number of benzene rings is 1. The van der Waals surface area contributed by atoms with Crippen LogP contribution in [0.4, 0.5) is 5.69 Å². The van der Waals surface area contributed by atoms with E-state index < -0.39 is 11.0 Å². The number of nitro benzene ring substituents is 1. The van der Waals surface area contributed by atoms with Gasteiger partial charge in [-0.2, -0.15) is 0 Å². The number of nitrogens with zero attached hydrogens (tertiary/aromatic N) is 2. The average molecular weight is 287 g/mol. The van der Waals surface area contributed by atoms with Gasteiger partial charge in [0.25, 0.3) is 5.69 Å². The van der Waals surface area contributed by atoms with E-state index in [4.69, 9.17) is 0 Å². The van der Waals surface area contributed by atoms with Crippen molar-refractivity contribution in [1.82, 2.24) is 10.3 Å². The van der Waals surface area contributed by atoms with Crippen molar-refractivity contribution in [3.05, 3.63) is 70.0 Å². The molecule has 0 aliphatic rings. The SMILES string of the molecule is CC(NCC(O)c1ccc([N+](=O)[O-])cc1)c1ccccn1. The van der Waals surface area contributed by atoms with Crippen molar-refractivity contribution in [2.24, 2.45) is 0 Å². The molecule has 21 heavy (non-hydrogen) atoms. The van der Waals surface area contributed by atoms with Crippen molar-refractivity contribution in [3.63, 3.8) is 0 Å². The Hall–Kier alpha value is -2.31. The zero-order valence-corrected chi connectivity index (χ0v) is 11.6. The molecule has 1 aromatic carbocycles. The highest BCUT2D eigenvalue weighted by Gasteiger charge is 2.12. The summed E-state index contributed by atoms with van der Waals surface area (Å²) in [6, 6.07) is 11.6. The number of aromatic nitrogens is 1. The van der Waals surface area contributed by atoms with Gasteiger partial charge in [-0.3, -0.25) is 15.1 Å². The minimum Gasteiger partial charge on any atom is -0.387 e. The number of pyridine rings is 1. The molecule has 0 saturated heterocycles. The Labute approximate surface area is 122 Å². The lowest BCUT2D eigenvalue weighted by atomic mass is 10.1. The third-order valence-corrected chi connectivity index (χ3v) is 3.24. The van der Waals surface area contributed by atoms with Gasteiger partial charge in [-0.05, 0) is 36.8 Å². The third kappa shape index (κ3) is 4.08. The van der Waals surface area contributed by atoms with Gasteiger partial charge < -0.3 is 10.4 Å². The summed E-state index contributed by atoms with van der Waals surface area (Å²) in [6.45, 7) is 2.31. The molecule has 6 heteroatoms. The number of nitrogens with one attached hydrogen (secondary N) is 1. The number of hydrogen-bond acceptors (Lipinski definition) is 5. The standard InChI is InChI=1S/C15H17N3O3/c1-11(14-4-2-3-9-16-14)17-10-15(19)12-5-7-13(8-6-12)18(20)21/h2-9,11,15,17,19H,10H2,1H3. The number of nitro groups is 1. The third-order valence-electron chi connectivity index (χ3n) is 3.24. The van der Waals surface area contributed by atoms with E-state index in [9.17, 15) is 15.2 Å². The molecule has 2 atom stereocenters. The van der Waals surface area contributed by atoms with Crippen molar-refractivity contribution < 1.29 is 10.0 Å². The second kappa shape index (κ2) is 6.92. The van der Waals surface area contributed by atoms with E-state index in [0.29, 0.717) is 12.1 Å². The maximum absolute atomic E-state index is 10.6. The van der Waals surface area contributed by atoms with Crippen LogP contribution in [0.1, 0.15) is 30.3 Å². The Kier molecular flexibility index (Phi) is 4.97. The quantitative estimate of drug-likeness (QED) is 0.629. The molecule has 2 aromatic rings. The Balaban J connectivity index is 1.92. The lowest BCUT2D eigenvalue weighted by Crippen LogP contribution is -2.25. The molecule has 0 bridgehead atoms. The van der Waals surface area contributed by atoms with Gasteiger partial charge in [-0.1, -0.05) is 6.07 Å². The molecule has 0 fully saturated rings. The van der Waals surface area contributed by atoms with Crippen LogP contribution >= 0.6 is 0 Å². The molecule has 110 valence electrons. The second-order valence-electron chi connectivity index (χ2n) is 4.75. The van der Waals surface area contributed by atoms with Crippen LogP contribution in [0.5, 0.6) is 0 Å². The van der Waals surface area contributed by atoms with Crippen molar-refractivity contribution in [3.8, 4) is 0 Å².